The van der Waals surface area contributed by atoms with Gasteiger partial charge in [0.15, 0.2) is 5.82 Å². The smallest absolute Gasteiger partial charge is 0.311 e. The minimum absolute atomic E-state index is 0.0314. The number of esters is 1. The molecule has 0 aliphatic heterocycles. The van der Waals surface area contributed by atoms with Crippen LogP contribution in [0.1, 0.15) is 11.3 Å². The lowest BCUT2D eigenvalue weighted by Crippen LogP contribution is -2.04. The molecule has 3 rings (SSSR count). The summed E-state index contributed by atoms with van der Waals surface area (Å²) in [5, 5.41) is 8.57. The first-order chi connectivity index (χ1) is 12.1. The number of hydrogen-bond acceptors (Lipinski definition) is 6. The Kier molecular flexibility index (Phi) is 4.74. The number of methoxy groups -OCH3 is 2. The van der Waals surface area contributed by atoms with Crippen molar-refractivity contribution in [2.45, 2.75) is 13.3 Å². The average molecular weight is 338 g/mol. The number of carbonyl (C=O) groups excluding carboxylic acids is 1. The van der Waals surface area contributed by atoms with Crippen molar-refractivity contribution in [3.8, 4) is 5.75 Å². The molecule has 1 aromatic carbocycles. The summed E-state index contributed by atoms with van der Waals surface area (Å²) in [4.78, 5) is 16.2. The van der Waals surface area contributed by atoms with Gasteiger partial charge < -0.3 is 9.47 Å². The number of aromatic nitrogens is 2. The van der Waals surface area contributed by atoms with Gasteiger partial charge in [-0.05, 0) is 36.8 Å². The lowest BCUT2D eigenvalue weighted by molar-refractivity contribution is -0.139. The highest BCUT2D eigenvalue weighted by Gasteiger charge is 2.16. The minimum Gasteiger partial charge on any atom is -0.497 e. The summed E-state index contributed by atoms with van der Waals surface area (Å²) < 4.78 is 11.7. The molecule has 0 saturated carbocycles. The number of fused-ring (bicyclic) bond motifs is 1. The molecular weight excluding hydrogens is 320 g/mol. The monoisotopic (exact) mass is 338 g/mol. The SMILES string of the molecule is COC(=O)Cc1nc2cc(C)ccn2c1N=Nc1cccc(OC)c1. The predicted molar refractivity (Wildman–Crippen MR) is 92.8 cm³/mol. The Bertz CT molecular complexity index is 947. The number of benzene rings is 1. The van der Waals surface area contributed by atoms with Crippen LogP contribution in [0.4, 0.5) is 11.5 Å². The number of imidazole rings is 1. The first kappa shape index (κ1) is 16.6. The van der Waals surface area contributed by atoms with Crippen molar-refractivity contribution in [2.24, 2.45) is 10.2 Å². The molecule has 128 valence electrons. The fraction of sp³-hybridized carbons (Fsp3) is 0.222. The number of azo groups is 1. The molecule has 7 nitrogen and oxygen atoms in total. The standard InChI is InChI=1S/C18H18N4O3/c1-12-7-8-22-16(9-12)19-15(11-17(23)25-3)18(22)21-20-13-5-4-6-14(10-13)24-2/h4-10H,11H2,1-3H3. The second-order valence-corrected chi connectivity index (χ2v) is 5.47. The molecule has 0 bridgehead atoms. The molecule has 7 heteroatoms. The second-order valence-electron chi connectivity index (χ2n) is 5.47. The van der Waals surface area contributed by atoms with E-state index in [1.54, 1.807) is 17.6 Å². The van der Waals surface area contributed by atoms with Crippen molar-refractivity contribution in [2.75, 3.05) is 14.2 Å². The molecule has 2 heterocycles. The molecule has 2 aromatic heterocycles. The summed E-state index contributed by atoms with van der Waals surface area (Å²) >= 11 is 0. The predicted octanol–water partition coefficient (Wildman–Crippen LogP) is 3.78. The van der Waals surface area contributed by atoms with Crippen LogP contribution in [0.25, 0.3) is 5.65 Å². The third-order valence-corrected chi connectivity index (χ3v) is 3.68. The van der Waals surface area contributed by atoms with E-state index in [0.717, 1.165) is 5.56 Å². The van der Waals surface area contributed by atoms with Crippen LogP contribution in [0, 0.1) is 6.92 Å². The van der Waals surface area contributed by atoms with Gasteiger partial charge in [0.1, 0.15) is 11.4 Å². The first-order valence-corrected chi connectivity index (χ1v) is 7.71. The normalized spacial score (nSPS) is 11.2. The van der Waals surface area contributed by atoms with Crippen molar-refractivity contribution in [1.82, 2.24) is 9.38 Å². The number of pyridine rings is 1. The van der Waals surface area contributed by atoms with Crippen molar-refractivity contribution in [3.05, 3.63) is 53.9 Å². The van der Waals surface area contributed by atoms with Crippen LogP contribution in [0.3, 0.4) is 0 Å². The quantitative estimate of drug-likeness (QED) is 0.524. The Morgan fingerprint density at radius 3 is 2.80 bits per heavy atom. The van der Waals surface area contributed by atoms with E-state index in [2.05, 4.69) is 15.2 Å². The molecule has 0 saturated heterocycles. The fourth-order valence-corrected chi connectivity index (χ4v) is 2.39. The lowest BCUT2D eigenvalue weighted by atomic mass is 10.3. The molecule has 0 atom stereocenters. The zero-order valence-corrected chi connectivity index (χ0v) is 14.3. The largest absolute Gasteiger partial charge is 0.497 e. The van der Waals surface area contributed by atoms with Gasteiger partial charge in [-0.15, -0.1) is 10.2 Å². The lowest BCUT2D eigenvalue weighted by Gasteiger charge is -2.01. The van der Waals surface area contributed by atoms with Gasteiger partial charge in [0.05, 0.1) is 32.0 Å². The van der Waals surface area contributed by atoms with E-state index in [-0.39, 0.29) is 12.4 Å². The van der Waals surface area contributed by atoms with E-state index < -0.39 is 0 Å². The van der Waals surface area contributed by atoms with Gasteiger partial charge in [0.2, 0.25) is 0 Å². The summed E-state index contributed by atoms with van der Waals surface area (Å²) in [7, 11) is 2.94. The molecule has 0 fully saturated rings. The highest BCUT2D eigenvalue weighted by Crippen LogP contribution is 2.26. The van der Waals surface area contributed by atoms with Crippen LogP contribution in [0.5, 0.6) is 5.75 Å². The third-order valence-electron chi connectivity index (χ3n) is 3.68. The van der Waals surface area contributed by atoms with Crippen molar-refractivity contribution in [3.63, 3.8) is 0 Å². The minimum atomic E-state index is -0.377. The number of hydrogen-bond donors (Lipinski definition) is 0. The number of carbonyl (C=O) groups is 1. The number of nitrogens with zero attached hydrogens (tertiary/aromatic N) is 4. The van der Waals surface area contributed by atoms with Crippen molar-refractivity contribution >= 4 is 23.1 Å². The molecule has 25 heavy (non-hydrogen) atoms. The maximum atomic E-state index is 11.7. The number of ether oxygens (including phenoxy) is 2. The molecule has 0 amide bonds. The maximum Gasteiger partial charge on any atom is 0.311 e. The molecule has 0 radical (unpaired) electrons. The average Bonchev–Trinajstić information content (AvgIpc) is 2.95. The highest BCUT2D eigenvalue weighted by molar-refractivity contribution is 5.74. The number of rotatable bonds is 5. The van der Waals surface area contributed by atoms with Gasteiger partial charge in [0, 0.05) is 12.3 Å². The first-order valence-electron chi connectivity index (χ1n) is 7.71. The van der Waals surface area contributed by atoms with Crippen LogP contribution >= 0.6 is 0 Å². The third kappa shape index (κ3) is 3.65. The van der Waals surface area contributed by atoms with E-state index in [9.17, 15) is 4.79 Å². The van der Waals surface area contributed by atoms with Gasteiger partial charge in [0.25, 0.3) is 0 Å². The van der Waals surface area contributed by atoms with E-state index in [4.69, 9.17) is 9.47 Å². The van der Waals surface area contributed by atoms with Crippen molar-refractivity contribution < 1.29 is 14.3 Å². The van der Waals surface area contributed by atoms with Gasteiger partial charge in [-0.3, -0.25) is 9.20 Å². The van der Waals surface area contributed by atoms with E-state index in [1.807, 2.05) is 43.5 Å². The zero-order valence-electron chi connectivity index (χ0n) is 14.3. The Balaban J connectivity index is 2.04. The van der Waals surface area contributed by atoms with Crippen LogP contribution < -0.4 is 4.74 Å². The van der Waals surface area contributed by atoms with Crippen LogP contribution in [0.2, 0.25) is 0 Å². The maximum absolute atomic E-state index is 11.7. The van der Waals surface area contributed by atoms with Gasteiger partial charge >= 0.3 is 5.97 Å². The zero-order chi connectivity index (χ0) is 17.8. The molecule has 0 unspecified atom stereocenters. The summed E-state index contributed by atoms with van der Waals surface area (Å²) in [5.74, 6) is 0.821. The fourth-order valence-electron chi connectivity index (χ4n) is 2.39. The Morgan fingerprint density at radius 1 is 1.20 bits per heavy atom. The topological polar surface area (TPSA) is 77.5 Å². The summed E-state index contributed by atoms with van der Waals surface area (Å²) in [5.41, 5.74) is 2.94. The van der Waals surface area contributed by atoms with Gasteiger partial charge in [-0.1, -0.05) is 6.07 Å². The van der Waals surface area contributed by atoms with Crippen LogP contribution in [-0.2, 0) is 16.0 Å². The molecule has 0 aliphatic carbocycles. The Labute approximate surface area is 144 Å². The Morgan fingerprint density at radius 2 is 2.04 bits per heavy atom. The number of aryl methyl sites for hydroxylation is 1. The van der Waals surface area contributed by atoms with Crippen molar-refractivity contribution in [1.29, 1.82) is 0 Å². The highest BCUT2D eigenvalue weighted by atomic mass is 16.5. The molecule has 0 aliphatic rings. The van der Waals surface area contributed by atoms with Crippen LogP contribution in [0.15, 0.2) is 52.8 Å². The van der Waals surface area contributed by atoms with Gasteiger partial charge in [-0.25, -0.2) is 4.98 Å². The second kappa shape index (κ2) is 7.12. The summed E-state index contributed by atoms with van der Waals surface area (Å²) in [6.45, 7) is 1.98. The van der Waals surface area contributed by atoms with Crippen LogP contribution in [-0.4, -0.2) is 29.6 Å². The molecule has 0 N–H and O–H groups in total. The summed E-state index contributed by atoms with van der Waals surface area (Å²) in [6, 6.07) is 11.1. The van der Waals surface area contributed by atoms with E-state index >= 15 is 0 Å². The summed E-state index contributed by atoms with van der Waals surface area (Å²) in [6.07, 6.45) is 1.89. The molecule has 3 aromatic rings. The Hall–Kier alpha value is -3.22. The molecule has 0 spiro atoms. The van der Waals surface area contributed by atoms with E-state index in [0.29, 0.717) is 28.6 Å². The molecular formula is C18H18N4O3. The van der Waals surface area contributed by atoms with Gasteiger partial charge in [-0.2, -0.15) is 0 Å². The van der Waals surface area contributed by atoms with E-state index in [1.165, 1.54) is 7.11 Å².